The number of hydrogen-bond acceptors (Lipinski definition) is 3. The second-order valence-corrected chi connectivity index (χ2v) is 4.36. The standard InChI is InChI=1S/C12H16N4S/c1-4-16(10-7-5-6-9(2)8-10)11-13-14-12(17)15(11)3/h5-8H,4H2,1-3H3,(H,14,17). The third kappa shape index (κ3) is 2.24. The molecule has 4 nitrogen and oxygen atoms in total. The second kappa shape index (κ2) is 4.71. The first-order valence-electron chi connectivity index (χ1n) is 5.59. The molecule has 5 heteroatoms. The summed E-state index contributed by atoms with van der Waals surface area (Å²) < 4.78 is 2.51. The molecule has 0 bridgehead atoms. The van der Waals surface area contributed by atoms with Crippen LogP contribution in [-0.4, -0.2) is 21.3 Å². The van der Waals surface area contributed by atoms with Crippen molar-refractivity contribution in [3.63, 3.8) is 0 Å². The van der Waals surface area contributed by atoms with Crippen molar-refractivity contribution in [1.82, 2.24) is 14.8 Å². The number of H-pyrrole nitrogens is 1. The normalized spacial score (nSPS) is 10.5. The van der Waals surface area contributed by atoms with E-state index in [0.29, 0.717) is 4.77 Å². The van der Waals surface area contributed by atoms with Crippen molar-refractivity contribution in [3.05, 3.63) is 34.6 Å². The molecule has 1 aromatic heterocycles. The molecule has 90 valence electrons. The maximum atomic E-state index is 5.14. The Balaban J connectivity index is 2.47. The highest BCUT2D eigenvalue weighted by atomic mass is 32.1. The molecular formula is C12H16N4S. The molecule has 1 aromatic carbocycles. The van der Waals surface area contributed by atoms with E-state index in [2.05, 4.69) is 53.2 Å². The van der Waals surface area contributed by atoms with E-state index in [0.717, 1.165) is 18.2 Å². The van der Waals surface area contributed by atoms with Crippen LogP contribution in [0.1, 0.15) is 12.5 Å². The maximum Gasteiger partial charge on any atom is 0.229 e. The van der Waals surface area contributed by atoms with Crippen molar-refractivity contribution in [2.45, 2.75) is 13.8 Å². The lowest BCUT2D eigenvalue weighted by atomic mass is 10.2. The van der Waals surface area contributed by atoms with Gasteiger partial charge in [0.25, 0.3) is 0 Å². The number of aromatic amines is 1. The minimum atomic E-state index is 0.631. The van der Waals surface area contributed by atoms with Crippen LogP contribution in [0.2, 0.25) is 0 Å². The zero-order chi connectivity index (χ0) is 12.4. The summed E-state index contributed by atoms with van der Waals surface area (Å²) in [5, 5.41) is 7.07. The first kappa shape index (κ1) is 11.9. The number of hydrogen-bond donors (Lipinski definition) is 1. The molecule has 17 heavy (non-hydrogen) atoms. The summed E-state index contributed by atoms with van der Waals surface area (Å²) in [6.45, 7) is 5.03. The van der Waals surface area contributed by atoms with Crippen LogP contribution in [-0.2, 0) is 7.05 Å². The van der Waals surface area contributed by atoms with Gasteiger partial charge in [0.05, 0.1) is 0 Å². The lowest BCUT2D eigenvalue weighted by molar-refractivity contribution is 0.842. The first-order chi connectivity index (χ1) is 8.13. The number of benzene rings is 1. The molecule has 0 spiro atoms. The third-order valence-corrected chi connectivity index (χ3v) is 3.09. The molecule has 0 unspecified atom stereocenters. The van der Waals surface area contributed by atoms with Crippen molar-refractivity contribution < 1.29 is 0 Å². The van der Waals surface area contributed by atoms with Crippen LogP contribution >= 0.6 is 12.2 Å². The molecule has 2 rings (SSSR count). The zero-order valence-electron chi connectivity index (χ0n) is 10.3. The van der Waals surface area contributed by atoms with Gasteiger partial charge in [-0.1, -0.05) is 12.1 Å². The molecular weight excluding hydrogens is 232 g/mol. The van der Waals surface area contributed by atoms with E-state index < -0.39 is 0 Å². The van der Waals surface area contributed by atoms with Gasteiger partial charge in [-0.3, -0.25) is 4.57 Å². The van der Waals surface area contributed by atoms with Crippen molar-refractivity contribution in [3.8, 4) is 0 Å². The lowest BCUT2D eigenvalue weighted by Crippen LogP contribution is -2.19. The van der Waals surface area contributed by atoms with Gasteiger partial charge in [-0.2, -0.15) is 0 Å². The van der Waals surface area contributed by atoms with Crippen LogP contribution < -0.4 is 4.90 Å². The van der Waals surface area contributed by atoms with Crippen LogP contribution in [0.4, 0.5) is 11.6 Å². The fourth-order valence-corrected chi connectivity index (χ4v) is 1.94. The largest absolute Gasteiger partial charge is 0.311 e. The molecule has 0 atom stereocenters. The Bertz CT molecular complexity index is 570. The van der Waals surface area contributed by atoms with Crippen molar-refractivity contribution in [1.29, 1.82) is 0 Å². The van der Waals surface area contributed by atoms with Gasteiger partial charge in [-0.25, -0.2) is 5.10 Å². The van der Waals surface area contributed by atoms with Crippen LogP contribution in [0.15, 0.2) is 24.3 Å². The SMILES string of the molecule is CCN(c1cccc(C)c1)c1n[nH]c(=S)n1C. The molecule has 0 saturated carbocycles. The molecule has 0 aliphatic carbocycles. The summed E-state index contributed by atoms with van der Waals surface area (Å²) >= 11 is 5.14. The summed E-state index contributed by atoms with van der Waals surface area (Å²) in [6, 6.07) is 8.35. The van der Waals surface area contributed by atoms with Crippen LogP contribution in [0.5, 0.6) is 0 Å². The highest BCUT2D eigenvalue weighted by Gasteiger charge is 2.12. The first-order valence-corrected chi connectivity index (χ1v) is 6.00. The van der Waals surface area contributed by atoms with Gasteiger partial charge in [0.2, 0.25) is 5.95 Å². The summed E-state index contributed by atoms with van der Waals surface area (Å²) in [7, 11) is 1.92. The molecule has 0 amide bonds. The van der Waals surface area contributed by atoms with E-state index in [4.69, 9.17) is 12.2 Å². The molecule has 1 heterocycles. The number of aromatic nitrogens is 3. The van der Waals surface area contributed by atoms with Gasteiger partial charge in [0.1, 0.15) is 0 Å². The number of aryl methyl sites for hydroxylation is 1. The average Bonchev–Trinajstić information content (AvgIpc) is 2.63. The van der Waals surface area contributed by atoms with Gasteiger partial charge >= 0.3 is 0 Å². The highest BCUT2D eigenvalue weighted by Crippen LogP contribution is 2.23. The number of nitrogens with one attached hydrogen (secondary N) is 1. The number of nitrogens with zero attached hydrogens (tertiary/aromatic N) is 3. The molecule has 0 fully saturated rings. The quantitative estimate of drug-likeness (QED) is 0.848. The van der Waals surface area contributed by atoms with Crippen LogP contribution in [0.25, 0.3) is 0 Å². The second-order valence-electron chi connectivity index (χ2n) is 3.97. The van der Waals surface area contributed by atoms with Gasteiger partial charge in [-0.05, 0) is 43.8 Å². The maximum absolute atomic E-state index is 5.14. The number of rotatable bonds is 3. The van der Waals surface area contributed by atoms with Crippen molar-refractivity contribution in [2.75, 3.05) is 11.4 Å². The average molecular weight is 248 g/mol. The summed E-state index contributed by atoms with van der Waals surface area (Å²) in [5.74, 6) is 0.836. The number of anilines is 2. The Morgan fingerprint density at radius 2 is 2.24 bits per heavy atom. The minimum absolute atomic E-state index is 0.631. The van der Waals surface area contributed by atoms with Gasteiger partial charge in [0.15, 0.2) is 4.77 Å². The predicted molar refractivity (Wildman–Crippen MR) is 72.3 cm³/mol. The molecule has 0 aliphatic rings. The smallest absolute Gasteiger partial charge is 0.229 e. The molecule has 1 N–H and O–H groups in total. The van der Waals surface area contributed by atoms with E-state index in [1.807, 2.05) is 11.6 Å². The molecule has 0 saturated heterocycles. The Morgan fingerprint density at radius 3 is 2.76 bits per heavy atom. The van der Waals surface area contributed by atoms with Crippen molar-refractivity contribution in [2.24, 2.45) is 7.05 Å². The van der Waals surface area contributed by atoms with Crippen LogP contribution in [0, 0.1) is 11.7 Å². The predicted octanol–water partition coefficient (Wildman–Crippen LogP) is 2.94. The Kier molecular flexibility index (Phi) is 3.28. The Hall–Kier alpha value is -1.62. The molecule has 0 radical (unpaired) electrons. The summed E-state index contributed by atoms with van der Waals surface area (Å²) in [5.41, 5.74) is 2.36. The highest BCUT2D eigenvalue weighted by molar-refractivity contribution is 7.71. The van der Waals surface area contributed by atoms with E-state index in [9.17, 15) is 0 Å². The fourth-order valence-electron chi connectivity index (χ4n) is 1.82. The van der Waals surface area contributed by atoms with Gasteiger partial charge in [-0.15, -0.1) is 5.10 Å². The summed E-state index contributed by atoms with van der Waals surface area (Å²) in [6.07, 6.45) is 0. The van der Waals surface area contributed by atoms with E-state index in [1.54, 1.807) is 0 Å². The zero-order valence-corrected chi connectivity index (χ0v) is 11.1. The van der Waals surface area contributed by atoms with Crippen LogP contribution in [0.3, 0.4) is 0 Å². The lowest BCUT2D eigenvalue weighted by Gasteiger charge is -2.21. The van der Waals surface area contributed by atoms with Crippen molar-refractivity contribution >= 4 is 23.9 Å². The summed E-state index contributed by atoms with van der Waals surface area (Å²) in [4.78, 5) is 2.12. The van der Waals surface area contributed by atoms with E-state index >= 15 is 0 Å². The fraction of sp³-hybridized carbons (Fsp3) is 0.333. The molecule has 2 aromatic rings. The monoisotopic (exact) mass is 248 g/mol. The Morgan fingerprint density at radius 1 is 1.47 bits per heavy atom. The third-order valence-electron chi connectivity index (χ3n) is 2.73. The van der Waals surface area contributed by atoms with E-state index in [1.165, 1.54) is 5.56 Å². The van der Waals surface area contributed by atoms with E-state index in [-0.39, 0.29) is 0 Å². The van der Waals surface area contributed by atoms with Gasteiger partial charge in [0, 0.05) is 19.3 Å². The minimum Gasteiger partial charge on any atom is -0.311 e. The van der Waals surface area contributed by atoms with Gasteiger partial charge < -0.3 is 4.90 Å². The topological polar surface area (TPSA) is 36.9 Å². The Labute approximate surface area is 106 Å². The molecule has 0 aliphatic heterocycles.